The van der Waals surface area contributed by atoms with Gasteiger partial charge < -0.3 is 0 Å². The lowest BCUT2D eigenvalue weighted by Crippen LogP contribution is -1.79. The standard InChI is InChI=1S/C4H2N2O/c7-4-3-5-1-2-6(3)4/h1-2H. The second-order valence-electron chi connectivity index (χ2n) is 1.43. The summed E-state index contributed by atoms with van der Waals surface area (Å²) < 4.78 is 1.50. The van der Waals surface area contributed by atoms with Gasteiger partial charge in [0.05, 0.1) is 0 Å². The topological polar surface area (TPSA) is 34.4 Å². The Morgan fingerprint density at radius 1 is 1.71 bits per heavy atom. The third kappa shape index (κ3) is 0.183. The Hall–Kier alpha value is -1.12. The van der Waals surface area contributed by atoms with Crippen LogP contribution in [0.1, 0.15) is 0 Å². The number of nitrogens with zero attached hydrogens (tertiary/aromatic N) is 2. The normalized spacial score (nSPS) is 11.4. The zero-order valence-electron chi connectivity index (χ0n) is 3.46. The van der Waals surface area contributed by atoms with Crippen molar-refractivity contribution in [2.45, 2.75) is 0 Å². The van der Waals surface area contributed by atoms with Gasteiger partial charge in [0.15, 0.2) is 0 Å². The lowest BCUT2D eigenvalue weighted by molar-refractivity contribution is 1.32. The molecule has 0 aliphatic rings. The minimum Gasteiger partial charge on any atom is -0.265 e. The van der Waals surface area contributed by atoms with Gasteiger partial charge in [-0.15, -0.1) is 0 Å². The van der Waals surface area contributed by atoms with E-state index in [1.165, 1.54) is 4.40 Å². The number of aromatic nitrogens is 2. The van der Waals surface area contributed by atoms with Gasteiger partial charge >= 0.3 is 0 Å². The first-order valence-electron chi connectivity index (χ1n) is 1.97. The molecule has 2 rings (SSSR count). The first kappa shape index (κ1) is 2.96. The number of hydrogen-bond donors (Lipinski definition) is 0. The van der Waals surface area contributed by atoms with Crippen LogP contribution in [-0.2, 0) is 0 Å². The van der Waals surface area contributed by atoms with Crippen molar-refractivity contribution in [1.29, 1.82) is 0 Å². The number of fused-ring (bicyclic) bond motifs is 1. The molecule has 0 unspecified atom stereocenters. The summed E-state index contributed by atoms with van der Waals surface area (Å²) in [5.74, 6) is 0. The Morgan fingerprint density at radius 2 is 2.57 bits per heavy atom. The van der Waals surface area contributed by atoms with Crippen molar-refractivity contribution in [3.05, 3.63) is 22.7 Å². The van der Waals surface area contributed by atoms with Crippen molar-refractivity contribution < 1.29 is 0 Å². The highest BCUT2D eigenvalue weighted by atomic mass is 16.1. The molecule has 34 valence electrons. The van der Waals surface area contributed by atoms with Crippen LogP contribution in [0.4, 0.5) is 0 Å². The van der Waals surface area contributed by atoms with E-state index in [1.807, 2.05) is 0 Å². The van der Waals surface area contributed by atoms with Gasteiger partial charge in [0, 0.05) is 12.4 Å². The molecule has 0 fully saturated rings. The zero-order valence-corrected chi connectivity index (χ0v) is 3.46. The van der Waals surface area contributed by atoms with Crippen LogP contribution in [0.5, 0.6) is 0 Å². The molecule has 0 saturated carbocycles. The summed E-state index contributed by atoms with van der Waals surface area (Å²) in [6.45, 7) is 0. The molecular weight excluding hydrogens is 92.1 g/mol. The molecule has 0 aliphatic carbocycles. The van der Waals surface area contributed by atoms with Crippen LogP contribution in [0, 0.1) is 0 Å². The van der Waals surface area contributed by atoms with Crippen molar-refractivity contribution in [2.24, 2.45) is 0 Å². The molecule has 0 N–H and O–H groups in total. The summed E-state index contributed by atoms with van der Waals surface area (Å²) in [5.41, 5.74) is 0.627. The monoisotopic (exact) mass is 94.0 g/mol. The second-order valence-corrected chi connectivity index (χ2v) is 1.43. The Labute approximate surface area is 38.9 Å². The maximum Gasteiger partial charge on any atom is 0.300 e. The smallest absolute Gasteiger partial charge is 0.265 e. The largest absolute Gasteiger partial charge is 0.300 e. The summed E-state index contributed by atoms with van der Waals surface area (Å²) in [5, 5.41) is 0. The van der Waals surface area contributed by atoms with E-state index in [2.05, 4.69) is 4.98 Å². The zero-order chi connectivity index (χ0) is 4.85. The maximum atomic E-state index is 10.2. The quantitative estimate of drug-likeness (QED) is 0.444. The molecule has 0 amide bonds. The highest BCUT2D eigenvalue weighted by Gasteiger charge is 2.09. The average molecular weight is 94.1 g/mol. The molecule has 0 spiro atoms. The van der Waals surface area contributed by atoms with Crippen molar-refractivity contribution in [3.8, 4) is 0 Å². The minimum absolute atomic E-state index is 0.0440. The third-order valence-electron chi connectivity index (χ3n) is 1.00. The average Bonchev–Trinajstić information content (AvgIpc) is 2.26. The van der Waals surface area contributed by atoms with Crippen molar-refractivity contribution >= 4 is 5.65 Å². The van der Waals surface area contributed by atoms with E-state index in [9.17, 15) is 4.79 Å². The molecule has 0 atom stereocenters. The SMILES string of the molecule is O=c1c2nccn12. The van der Waals surface area contributed by atoms with Crippen molar-refractivity contribution in [3.63, 3.8) is 0 Å². The molecule has 0 radical (unpaired) electrons. The summed E-state index contributed by atoms with van der Waals surface area (Å²) in [7, 11) is 0. The summed E-state index contributed by atoms with van der Waals surface area (Å²) in [6, 6.07) is 0. The minimum atomic E-state index is 0.0440. The van der Waals surface area contributed by atoms with Crippen molar-refractivity contribution in [2.75, 3.05) is 0 Å². The molecule has 0 aromatic carbocycles. The van der Waals surface area contributed by atoms with Crippen LogP contribution in [0.2, 0.25) is 0 Å². The van der Waals surface area contributed by atoms with E-state index in [0.29, 0.717) is 5.65 Å². The predicted molar refractivity (Wildman–Crippen MR) is 23.8 cm³/mol. The third-order valence-corrected chi connectivity index (χ3v) is 1.00. The van der Waals surface area contributed by atoms with Gasteiger partial charge in [0.25, 0.3) is 5.56 Å². The first-order valence-corrected chi connectivity index (χ1v) is 1.97. The molecular formula is C4H2N2O. The first-order chi connectivity index (χ1) is 3.39. The van der Waals surface area contributed by atoms with Crippen LogP contribution >= 0.6 is 0 Å². The number of hydrogen-bond acceptors (Lipinski definition) is 2. The fourth-order valence-electron chi connectivity index (χ4n) is 0.579. The Balaban J connectivity index is 3.18. The lowest BCUT2D eigenvalue weighted by Gasteiger charge is -1.50. The van der Waals surface area contributed by atoms with Crippen LogP contribution in [-0.4, -0.2) is 9.38 Å². The van der Waals surface area contributed by atoms with Crippen molar-refractivity contribution in [1.82, 2.24) is 9.38 Å². The summed E-state index contributed by atoms with van der Waals surface area (Å²) >= 11 is 0. The van der Waals surface area contributed by atoms with Gasteiger partial charge in [0.1, 0.15) is 0 Å². The van der Waals surface area contributed by atoms with Crippen LogP contribution in [0.15, 0.2) is 17.2 Å². The molecule has 2 heterocycles. The molecule has 0 aliphatic heterocycles. The van der Waals surface area contributed by atoms with Crippen LogP contribution in [0.25, 0.3) is 5.65 Å². The van der Waals surface area contributed by atoms with Gasteiger partial charge in [-0.2, -0.15) is 0 Å². The molecule has 0 bridgehead atoms. The predicted octanol–water partition coefficient (Wildman–Crippen LogP) is -0.430. The van der Waals surface area contributed by atoms with E-state index in [1.54, 1.807) is 12.4 Å². The highest BCUT2D eigenvalue weighted by Crippen LogP contribution is 1.92. The highest BCUT2D eigenvalue weighted by molar-refractivity contribution is 5.44. The number of rotatable bonds is 0. The number of imidazole rings is 1. The lowest BCUT2D eigenvalue weighted by atomic mass is 10.9. The fourth-order valence-corrected chi connectivity index (χ4v) is 0.579. The van der Waals surface area contributed by atoms with Gasteiger partial charge in [-0.3, -0.25) is 9.20 Å². The summed E-state index contributed by atoms with van der Waals surface area (Å²) in [4.78, 5) is 13.9. The maximum absolute atomic E-state index is 10.2. The van der Waals surface area contributed by atoms with E-state index in [4.69, 9.17) is 0 Å². The van der Waals surface area contributed by atoms with Crippen LogP contribution < -0.4 is 5.56 Å². The molecule has 2 aromatic rings. The Morgan fingerprint density at radius 3 is 2.86 bits per heavy atom. The van der Waals surface area contributed by atoms with Gasteiger partial charge in [-0.25, -0.2) is 4.98 Å². The van der Waals surface area contributed by atoms with E-state index < -0.39 is 0 Å². The molecule has 3 nitrogen and oxygen atoms in total. The Kier molecular flexibility index (Phi) is 0.262. The second kappa shape index (κ2) is 0.621. The molecule has 3 heteroatoms. The van der Waals surface area contributed by atoms with Gasteiger partial charge in [-0.05, 0) is 0 Å². The van der Waals surface area contributed by atoms with Gasteiger partial charge in [-0.1, -0.05) is 0 Å². The molecule has 7 heavy (non-hydrogen) atoms. The summed E-state index contributed by atoms with van der Waals surface area (Å²) in [6.07, 6.45) is 3.26. The van der Waals surface area contributed by atoms with E-state index >= 15 is 0 Å². The van der Waals surface area contributed by atoms with Crippen LogP contribution in [0.3, 0.4) is 0 Å². The fraction of sp³-hybridized carbons (Fsp3) is 0. The van der Waals surface area contributed by atoms with E-state index in [0.717, 1.165) is 0 Å². The van der Waals surface area contributed by atoms with Gasteiger partial charge in [0.2, 0.25) is 5.65 Å². The molecule has 2 aromatic heterocycles. The molecule has 0 saturated heterocycles. The van der Waals surface area contributed by atoms with E-state index in [-0.39, 0.29) is 5.56 Å². The Bertz CT molecular complexity index is 273.